The average molecular weight is 915 g/mol. The Morgan fingerprint density at radius 2 is 1.52 bits per heavy atom. The van der Waals surface area contributed by atoms with Crippen molar-refractivity contribution in [3.63, 3.8) is 0 Å². The molecular weight excluding hydrogens is 875 g/mol. The Morgan fingerprint density at radius 1 is 0.903 bits per heavy atom. The number of halogens is 8. The summed E-state index contributed by atoms with van der Waals surface area (Å²) >= 11 is 12.8. The predicted octanol–water partition coefficient (Wildman–Crippen LogP) is 8.72. The zero-order chi connectivity index (χ0) is 44.7. The van der Waals surface area contributed by atoms with Gasteiger partial charge in [-0.25, -0.2) is 18.8 Å². The van der Waals surface area contributed by atoms with Crippen LogP contribution in [0.4, 0.5) is 32.0 Å². The van der Waals surface area contributed by atoms with Crippen LogP contribution in [0.3, 0.4) is 0 Å². The molecule has 4 heterocycles. The quantitative estimate of drug-likeness (QED) is 0.0510. The van der Waals surface area contributed by atoms with Gasteiger partial charge in [-0.1, -0.05) is 41.4 Å². The minimum atomic E-state index is -5.08. The molecule has 4 fully saturated rings. The molecule has 332 valence electrons. The van der Waals surface area contributed by atoms with Crippen LogP contribution in [0.2, 0.25) is 10.0 Å². The maximum absolute atomic E-state index is 13.8. The number of hydrogen-bond donors (Lipinski definition) is 2. The molecule has 1 saturated carbocycles. The van der Waals surface area contributed by atoms with Crippen LogP contribution in [0.15, 0.2) is 79.1 Å². The lowest BCUT2D eigenvalue weighted by Crippen LogP contribution is -2.52. The van der Waals surface area contributed by atoms with Crippen molar-refractivity contribution in [2.75, 3.05) is 31.6 Å². The third-order valence-electron chi connectivity index (χ3n) is 10.4. The standard InChI is InChI=1S/C40H38Cl2F3N3O7.C2HF3O2/c41-31-19-48(51)20-32(42)30(31)18-34(27-7-12-33(55-40(44)45)35(17-27)52-22-23-1-2-23)53-38(49)26-5-10-29(11-6-26)46-37(25-3-8-28(43)9-4-25)39(50)54-36-21-47-15-13-24(36)14-16-47;3-2(4,5)1(6)7/h3-12,17,19-20,23-24,34,36-37,40,46H,1-2,13-16,18,21-22H2;(H,6,7)/t34-,36-,37?;/m0./s1. The Bertz CT molecular complexity index is 2180. The molecule has 3 saturated heterocycles. The van der Waals surface area contributed by atoms with E-state index in [9.17, 15) is 41.1 Å². The number of benzene rings is 3. The van der Waals surface area contributed by atoms with Crippen LogP contribution >= 0.6 is 23.2 Å². The van der Waals surface area contributed by atoms with Crippen LogP contribution < -0.4 is 19.5 Å². The third kappa shape index (κ3) is 12.6. The Kier molecular flexibility index (Phi) is 15.0. The summed E-state index contributed by atoms with van der Waals surface area (Å²) < 4.78 is 95.1. The van der Waals surface area contributed by atoms with Gasteiger partial charge in [0.1, 0.15) is 28.1 Å². The number of nitrogens with one attached hydrogen (secondary N) is 1. The molecule has 3 aliphatic heterocycles. The summed E-state index contributed by atoms with van der Waals surface area (Å²) in [5.74, 6) is -3.98. The number of carboxylic acid groups (broad SMARTS) is 1. The van der Waals surface area contributed by atoms with Gasteiger partial charge in [0.15, 0.2) is 29.9 Å². The highest BCUT2D eigenvalue weighted by Crippen LogP contribution is 2.38. The maximum Gasteiger partial charge on any atom is 0.490 e. The number of piperidine rings is 3. The number of rotatable bonds is 15. The zero-order valence-corrected chi connectivity index (χ0v) is 34.0. The second-order valence-electron chi connectivity index (χ2n) is 14.9. The number of carbonyl (C=O) groups is 3. The van der Waals surface area contributed by atoms with Gasteiger partial charge in [-0.15, -0.1) is 0 Å². The number of alkyl halides is 5. The van der Waals surface area contributed by atoms with Crippen molar-refractivity contribution in [3.05, 3.63) is 122 Å². The molecule has 0 spiro atoms. The van der Waals surface area contributed by atoms with Gasteiger partial charge in [-0.3, -0.25) is 4.90 Å². The number of carbonyl (C=O) groups excluding carboxylic acids is 2. The molecule has 3 atom stereocenters. The molecule has 1 aliphatic carbocycles. The van der Waals surface area contributed by atoms with E-state index in [2.05, 4.69) is 15.0 Å². The molecule has 4 aromatic rings. The SMILES string of the molecule is O=C(O)C(F)(F)F.O=C(O[C@@H](Cc1c(Cl)c[n+]([O-])cc1Cl)c1ccc(OC(F)F)c(OCC2CC2)c1)c1ccc(NC(C(=O)O[C@H]2CN3CCC2CC3)c2ccc(F)cc2)cc1. The molecule has 1 unspecified atom stereocenters. The normalized spacial score (nSPS) is 19.1. The molecule has 2 N–H and O–H groups in total. The van der Waals surface area contributed by atoms with Gasteiger partial charge in [0.25, 0.3) is 0 Å². The lowest BCUT2D eigenvalue weighted by atomic mass is 9.86. The molecule has 4 aliphatic rings. The van der Waals surface area contributed by atoms with Gasteiger partial charge in [-0.05, 0) is 110 Å². The molecule has 1 aromatic heterocycles. The van der Waals surface area contributed by atoms with Crippen LogP contribution in [0.25, 0.3) is 0 Å². The van der Waals surface area contributed by atoms with Gasteiger partial charge in [-0.2, -0.15) is 26.7 Å². The fourth-order valence-electron chi connectivity index (χ4n) is 6.92. The summed E-state index contributed by atoms with van der Waals surface area (Å²) in [6, 6.07) is 15.1. The largest absolute Gasteiger partial charge is 0.619 e. The molecule has 8 rings (SSSR count). The van der Waals surface area contributed by atoms with E-state index in [0.29, 0.717) is 52.1 Å². The second kappa shape index (κ2) is 20.2. The smallest absolute Gasteiger partial charge is 0.490 e. The highest BCUT2D eigenvalue weighted by atomic mass is 35.5. The van der Waals surface area contributed by atoms with Crippen molar-refractivity contribution >= 4 is 46.8 Å². The van der Waals surface area contributed by atoms with Crippen LogP contribution in [0.5, 0.6) is 11.5 Å². The first-order valence-electron chi connectivity index (χ1n) is 19.3. The molecule has 12 nitrogen and oxygen atoms in total. The van der Waals surface area contributed by atoms with Gasteiger partial charge in [0.05, 0.1) is 12.2 Å². The first kappa shape index (κ1) is 46.1. The topological polar surface area (TPSA) is 151 Å². The molecular formula is C42H39Cl2F6N3O9. The lowest BCUT2D eigenvalue weighted by molar-refractivity contribution is -0.605. The van der Waals surface area contributed by atoms with Crippen LogP contribution in [-0.2, 0) is 25.5 Å². The Labute approximate surface area is 360 Å². The number of fused-ring (bicyclic) bond motifs is 3. The number of nitrogens with zero attached hydrogens (tertiary/aromatic N) is 2. The van der Waals surface area contributed by atoms with E-state index < -0.39 is 48.7 Å². The minimum absolute atomic E-state index is 0.0320. The summed E-state index contributed by atoms with van der Waals surface area (Å²) in [4.78, 5) is 38.5. The Morgan fingerprint density at radius 3 is 2.06 bits per heavy atom. The lowest BCUT2D eigenvalue weighted by Gasteiger charge is -2.44. The van der Waals surface area contributed by atoms with Gasteiger partial charge >= 0.3 is 30.7 Å². The van der Waals surface area contributed by atoms with Crippen LogP contribution in [0.1, 0.15) is 64.9 Å². The molecule has 0 amide bonds. The van der Waals surface area contributed by atoms with E-state index in [0.717, 1.165) is 51.2 Å². The summed E-state index contributed by atoms with van der Waals surface area (Å²) in [6.45, 7) is -0.146. The molecule has 3 aromatic carbocycles. The summed E-state index contributed by atoms with van der Waals surface area (Å²) in [6.07, 6.45) is -0.402. The fourth-order valence-corrected chi connectivity index (χ4v) is 7.52. The molecule has 2 bridgehead atoms. The summed E-state index contributed by atoms with van der Waals surface area (Å²) in [5.41, 5.74) is 1.82. The number of pyridine rings is 1. The van der Waals surface area contributed by atoms with E-state index in [-0.39, 0.29) is 39.6 Å². The third-order valence-corrected chi connectivity index (χ3v) is 11.1. The van der Waals surface area contributed by atoms with E-state index >= 15 is 0 Å². The van der Waals surface area contributed by atoms with Crippen LogP contribution in [0, 0.1) is 22.9 Å². The van der Waals surface area contributed by atoms with Crippen molar-refractivity contribution in [1.82, 2.24) is 4.90 Å². The summed E-state index contributed by atoms with van der Waals surface area (Å²) in [5, 5.41) is 22.3. The number of aromatic nitrogens is 1. The van der Waals surface area contributed by atoms with Crippen molar-refractivity contribution in [3.8, 4) is 11.5 Å². The minimum Gasteiger partial charge on any atom is -0.619 e. The molecule has 0 radical (unpaired) electrons. The summed E-state index contributed by atoms with van der Waals surface area (Å²) in [7, 11) is 0. The van der Waals surface area contributed by atoms with E-state index in [1.165, 1.54) is 54.6 Å². The highest BCUT2D eigenvalue weighted by Gasteiger charge is 2.39. The number of esters is 2. The monoisotopic (exact) mass is 913 g/mol. The maximum atomic E-state index is 13.8. The molecule has 62 heavy (non-hydrogen) atoms. The first-order valence-corrected chi connectivity index (χ1v) is 20.0. The Balaban J connectivity index is 0.000000845. The predicted molar refractivity (Wildman–Crippen MR) is 211 cm³/mol. The number of ether oxygens (including phenoxy) is 4. The number of anilines is 1. The van der Waals surface area contributed by atoms with Gasteiger partial charge in [0, 0.05) is 24.2 Å². The fraction of sp³-hybridized carbons (Fsp3) is 0.381. The first-order chi connectivity index (χ1) is 29.4. The zero-order valence-electron chi connectivity index (χ0n) is 32.5. The Hall–Kier alpha value is -5.46. The average Bonchev–Trinajstić information content (AvgIpc) is 4.06. The van der Waals surface area contributed by atoms with Crippen molar-refractivity contribution in [2.24, 2.45) is 11.8 Å². The molecule has 20 heteroatoms. The highest BCUT2D eigenvalue weighted by molar-refractivity contribution is 6.35. The number of aliphatic carboxylic acids is 1. The number of carboxylic acids is 1. The van der Waals surface area contributed by atoms with Gasteiger partial charge in [0.2, 0.25) is 0 Å². The van der Waals surface area contributed by atoms with Gasteiger partial charge < -0.3 is 34.6 Å². The van der Waals surface area contributed by atoms with Crippen molar-refractivity contribution < 1.29 is 69.5 Å². The van der Waals surface area contributed by atoms with E-state index in [4.69, 9.17) is 47.3 Å². The van der Waals surface area contributed by atoms with Crippen molar-refractivity contribution in [1.29, 1.82) is 0 Å². The second-order valence-corrected chi connectivity index (χ2v) is 15.7. The van der Waals surface area contributed by atoms with E-state index in [1.807, 2.05) is 0 Å². The number of hydrogen-bond acceptors (Lipinski definition) is 10. The van der Waals surface area contributed by atoms with Crippen molar-refractivity contribution in [2.45, 2.75) is 63.1 Å². The van der Waals surface area contributed by atoms with Crippen LogP contribution in [-0.4, -0.2) is 73.0 Å². The van der Waals surface area contributed by atoms with E-state index in [1.54, 1.807) is 12.1 Å².